The van der Waals surface area contributed by atoms with Crippen LogP contribution in [0.15, 0.2) is 35.5 Å². The Morgan fingerprint density at radius 1 is 1.19 bits per heavy atom. The first kappa shape index (κ1) is 12.6. The van der Waals surface area contributed by atoms with Gasteiger partial charge in [-0.1, -0.05) is 29.8 Å². The smallest absolute Gasteiger partial charge is 0.395 e. The van der Waals surface area contributed by atoms with E-state index in [1.165, 1.54) is 6.92 Å². The number of halogens is 3. The third-order valence-corrected chi connectivity index (χ3v) is 2.36. The Balaban J connectivity index is 2.86. The number of alkyl halides is 3. The van der Waals surface area contributed by atoms with E-state index >= 15 is 0 Å². The second kappa shape index (κ2) is 4.60. The van der Waals surface area contributed by atoms with Gasteiger partial charge in [-0.3, -0.25) is 0 Å². The normalized spacial score (nSPS) is 13.6. The molecule has 1 rings (SSSR count). The molecule has 0 aliphatic heterocycles. The number of hydrogen-bond donors (Lipinski definition) is 1. The zero-order valence-electron chi connectivity index (χ0n) is 9.23. The van der Waals surface area contributed by atoms with E-state index in [2.05, 4.69) is 0 Å². The van der Waals surface area contributed by atoms with Crippen LogP contribution in [0.4, 0.5) is 13.2 Å². The summed E-state index contributed by atoms with van der Waals surface area (Å²) in [4.78, 5) is 0. The maximum atomic E-state index is 12.3. The molecule has 0 heterocycles. The highest BCUT2D eigenvalue weighted by Crippen LogP contribution is 2.25. The largest absolute Gasteiger partial charge is 0.430 e. The third-order valence-electron chi connectivity index (χ3n) is 2.36. The van der Waals surface area contributed by atoms with E-state index in [0.717, 1.165) is 11.1 Å². The molecule has 0 bridgehead atoms. The molecule has 0 unspecified atom stereocenters. The quantitative estimate of drug-likeness (QED) is 0.827. The fourth-order valence-corrected chi connectivity index (χ4v) is 1.35. The highest BCUT2D eigenvalue weighted by atomic mass is 19.4. The molecule has 0 aliphatic rings. The summed E-state index contributed by atoms with van der Waals surface area (Å²) in [6, 6.07) is 7.35. The molecule has 1 aromatic rings. The average molecular weight is 229 g/mol. The van der Waals surface area contributed by atoms with E-state index in [4.69, 9.17) is 5.73 Å². The Morgan fingerprint density at radius 3 is 2.12 bits per heavy atom. The van der Waals surface area contributed by atoms with Gasteiger partial charge in [0.2, 0.25) is 0 Å². The van der Waals surface area contributed by atoms with E-state index in [9.17, 15) is 13.2 Å². The van der Waals surface area contributed by atoms with E-state index in [-0.39, 0.29) is 12.0 Å². The number of hydrogen-bond acceptors (Lipinski definition) is 1. The van der Waals surface area contributed by atoms with Crippen molar-refractivity contribution in [1.29, 1.82) is 0 Å². The predicted molar refractivity (Wildman–Crippen MR) is 57.8 cm³/mol. The van der Waals surface area contributed by atoms with Crippen LogP contribution in [-0.2, 0) is 6.42 Å². The van der Waals surface area contributed by atoms with Gasteiger partial charge < -0.3 is 5.73 Å². The minimum atomic E-state index is -4.44. The summed E-state index contributed by atoms with van der Waals surface area (Å²) in [5.74, 6) is 0. The van der Waals surface area contributed by atoms with E-state index in [0.29, 0.717) is 0 Å². The number of aryl methyl sites for hydroxylation is 1. The summed E-state index contributed by atoms with van der Waals surface area (Å²) >= 11 is 0. The van der Waals surface area contributed by atoms with E-state index in [1.807, 2.05) is 31.2 Å². The SMILES string of the molecule is C/C(Cc1ccc(C)cc1)=C(/N)C(F)(F)F. The van der Waals surface area contributed by atoms with Crippen LogP contribution in [0.1, 0.15) is 18.1 Å². The zero-order chi connectivity index (χ0) is 12.3. The molecule has 4 heteroatoms. The Bertz CT molecular complexity index is 388. The minimum Gasteiger partial charge on any atom is -0.395 e. The molecule has 0 fully saturated rings. The molecule has 0 saturated heterocycles. The van der Waals surface area contributed by atoms with Gasteiger partial charge >= 0.3 is 6.18 Å². The van der Waals surface area contributed by atoms with Crippen LogP contribution in [0.3, 0.4) is 0 Å². The number of benzene rings is 1. The van der Waals surface area contributed by atoms with Crippen molar-refractivity contribution < 1.29 is 13.2 Å². The van der Waals surface area contributed by atoms with Crippen LogP contribution >= 0.6 is 0 Å². The first-order chi connectivity index (χ1) is 7.30. The van der Waals surface area contributed by atoms with Gasteiger partial charge in [0.25, 0.3) is 0 Å². The maximum absolute atomic E-state index is 12.3. The van der Waals surface area contributed by atoms with Crippen LogP contribution < -0.4 is 5.73 Å². The molecule has 0 aromatic heterocycles. The Morgan fingerprint density at radius 2 is 1.69 bits per heavy atom. The molecule has 1 aromatic carbocycles. The lowest BCUT2D eigenvalue weighted by atomic mass is 10.0. The van der Waals surface area contributed by atoms with Gasteiger partial charge in [0.15, 0.2) is 0 Å². The molecule has 0 saturated carbocycles. The van der Waals surface area contributed by atoms with Crippen LogP contribution in [0, 0.1) is 6.92 Å². The second-order valence-corrected chi connectivity index (χ2v) is 3.85. The van der Waals surface area contributed by atoms with Gasteiger partial charge in [-0.2, -0.15) is 13.2 Å². The van der Waals surface area contributed by atoms with Crippen molar-refractivity contribution in [2.45, 2.75) is 26.4 Å². The fraction of sp³-hybridized carbons (Fsp3) is 0.333. The summed E-state index contributed by atoms with van der Waals surface area (Å²) < 4.78 is 36.9. The van der Waals surface area contributed by atoms with Crippen LogP contribution in [0.5, 0.6) is 0 Å². The fourth-order valence-electron chi connectivity index (χ4n) is 1.35. The van der Waals surface area contributed by atoms with Crippen LogP contribution in [0.25, 0.3) is 0 Å². The Hall–Kier alpha value is -1.45. The van der Waals surface area contributed by atoms with Gasteiger partial charge in [-0.25, -0.2) is 0 Å². The first-order valence-electron chi connectivity index (χ1n) is 4.88. The molecule has 0 aliphatic carbocycles. The topological polar surface area (TPSA) is 26.0 Å². The van der Waals surface area contributed by atoms with Crippen molar-refractivity contribution in [1.82, 2.24) is 0 Å². The molecule has 0 atom stereocenters. The average Bonchev–Trinajstić information content (AvgIpc) is 2.19. The van der Waals surface area contributed by atoms with Crippen molar-refractivity contribution in [2.75, 3.05) is 0 Å². The summed E-state index contributed by atoms with van der Waals surface area (Å²) in [6.07, 6.45) is -4.21. The summed E-state index contributed by atoms with van der Waals surface area (Å²) in [5, 5.41) is 0. The van der Waals surface area contributed by atoms with Crippen molar-refractivity contribution in [3.05, 3.63) is 46.7 Å². The number of rotatable bonds is 2. The van der Waals surface area contributed by atoms with Crippen LogP contribution in [-0.4, -0.2) is 6.18 Å². The molecule has 2 N–H and O–H groups in total. The zero-order valence-corrected chi connectivity index (χ0v) is 9.23. The molecular formula is C12H14F3N. The molecule has 0 spiro atoms. The lowest BCUT2D eigenvalue weighted by molar-refractivity contribution is -0.0935. The van der Waals surface area contributed by atoms with Crippen molar-refractivity contribution in [2.24, 2.45) is 5.73 Å². The summed E-state index contributed by atoms with van der Waals surface area (Å²) in [6.45, 7) is 3.33. The highest BCUT2D eigenvalue weighted by Gasteiger charge is 2.32. The van der Waals surface area contributed by atoms with Crippen molar-refractivity contribution in [3.8, 4) is 0 Å². The van der Waals surface area contributed by atoms with Gasteiger partial charge in [0.1, 0.15) is 5.70 Å². The second-order valence-electron chi connectivity index (χ2n) is 3.85. The lowest BCUT2D eigenvalue weighted by Crippen LogP contribution is -2.21. The standard InChI is InChI=1S/C12H14F3N/c1-8-3-5-10(6-4-8)7-9(2)11(16)12(13,14)15/h3-6H,7,16H2,1-2H3/b11-9-. The summed E-state index contributed by atoms with van der Waals surface area (Å²) in [5.41, 5.74) is 6.09. The number of nitrogens with two attached hydrogens (primary N) is 1. The van der Waals surface area contributed by atoms with Gasteiger partial charge in [0.05, 0.1) is 0 Å². The van der Waals surface area contributed by atoms with Crippen molar-refractivity contribution in [3.63, 3.8) is 0 Å². The third kappa shape index (κ3) is 3.29. The maximum Gasteiger partial charge on any atom is 0.430 e. The van der Waals surface area contributed by atoms with Crippen LogP contribution in [0.2, 0.25) is 0 Å². The van der Waals surface area contributed by atoms with Gasteiger partial charge in [-0.15, -0.1) is 0 Å². The van der Waals surface area contributed by atoms with Gasteiger partial charge in [-0.05, 0) is 31.4 Å². The van der Waals surface area contributed by atoms with E-state index < -0.39 is 11.9 Å². The van der Waals surface area contributed by atoms with Gasteiger partial charge in [0, 0.05) is 0 Å². The van der Waals surface area contributed by atoms with Crippen molar-refractivity contribution >= 4 is 0 Å². The first-order valence-corrected chi connectivity index (χ1v) is 4.88. The monoisotopic (exact) mass is 229 g/mol. The minimum absolute atomic E-state index is 0.149. The highest BCUT2D eigenvalue weighted by molar-refractivity contribution is 5.27. The predicted octanol–water partition coefficient (Wildman–Crippen LogP) is 3.33. The molecular weight excluding hydrogens is 215 g/mol. The van der Waals surface area contributed by atoms with E-state index in [1.54, 1.807) is 0 Å². The Kier molecular flexibility index (Phi) is 3.62. The lowest BCUT2D eigenvalue weighted by Gasteiger charge is -2.11. The summed E-state index contributed by atoms with van der Waals surface area (Å²) in [7, 11) is 0. The molecule has 88 valence electrons. The molecule has 1 nitrogen and oxygen atoms in total. The molecule has 0 amide bonds. The Labute approximate surface area is 92.8 Å². The number of allylic oxidation sites excluding steroid dienone is 2. The molecule has 0 radical (unpaired) electrons. The molecule has 16 heavy (non-hydrogen) atoms.